The summed E-state index contributed by atoms with van der Waals surface area (Å²) < 4.78 is 1.95. The Hall–Kier alpha value is -3.45. The highest BCUT2D eigenvalue weighted by molar-refractivity contribution is 5.62. The van der Waals surface area contributed by atoms with Gasteiger partial charge in [0.25, 0.3) is 0 Å². The first-order valence-corrected chi connectivity index (χ1v) is 11.4. The van der Waals surface area contributed by atoms with E-state index in [9.17, 15) is 0 Å². The number of pyridine rings is 1. The van der Waals surface area contributed by atoms with Gasteiger partial charge < -0.3 is 16.0 Å². The molecule has 1 aliphatic heterocycles. The third kappa shape index (κ3) is 3.91. The van der Waals surface area contributed by atoms with Gasteiger partial charge in [-0.15, -0.1) is 0 Å². The molecule has 0 bridgehead atoms. The molecule has 1 saturated heterocycles. The van der Waals surface area contributed by atoms with E-state index in [1.807, 2.05) is 35.1 Å². The Morgan fingerprint density at radius 3 is 2.72 bits per heavy atom. The topological polar surface area (TPSA) is 79.2 Å². The number of hydrogen-bond donors (Lipinski definition) is 3. The summed E-state index contributed by atoms with van der Waals surface area (Å²) in [5.74, 6) is 2.49. The smallest absolute Gasteiger partial charge is 0.163 e. The standard InChI is InChI=1S/C25H27N7/c1-2-11-27-22(3-1)19-6-4-17(5-7-19)14-28-24-13-23(30-20-10-12-26-15-20)31-25-21(18-8-9-18)16-29-32(24)25/h1-7,11,13,16,18,20,26,28H,8-10,12,14-15H2,(H,30,31)/t20-/m1/s1. The van der Waals surface area contributed by atoms with E-state index in [-0.39, 0.29) is 0 Å². The zero-order chi connectivity index (χ0) is 21.3. The maximum absolute atomic E-state index is 4.94. The Bertz CT molecular complexity index is 1210. The van der Waals surface area contributed by atoms with Gasteiger partial charge in [0.15, 0.2) is 5.65 Å². The Kier molecular flexibility index (Phi) is 4.96. The number of benzene rings is 1. The molecule has 7 heteroatoms. The monoisotopic (exact) mass is 425 g/mol. The number of rotatable bonds is 7. The van der Waals surface area contributed by atoms with Crippen molar-refractivity contribution in [1.82, 2.24) is 24.9 Å². The van der Waals surface area contributed by atoms with Crippen LogP contribution in [0.2, 0.25) is 0 Å². The van der Waals surface area contributed by atoms with Crippen molar-refractivity contribution in [2.75, 3.05) is 23.7 Å². The fraction of sp³-hybridized carbons (Fsp3) is 0.320. The summed E-state index contributed by atoms with van der Waals surface area (Å²) in [6.45, 7) is 2.75. The van der Waals surface area contributed by atoms with Crippen molar-refractivity contribution in [3.63, 3.8) is 0 Å². The predicted octanol–water partition coefficient (Wildman–Crippen LogP) is 4.05. The summed E-state index contributed by atoms with van der Waals surface area (Å²) in [7, 11) is 0. The highest BCUT2D eigenvalue weighted by atomic mass is 15.3. The molecule has 1 saturated carbocycles. The Labute approximate surface area is 187 Å². The van der Waals surface area contributed by atoms with Crippen LogP contribution in [-0.2, 0) is 6.54 Å². The maximum Gasteiger partial charge on any atom is 0.163 e. The number of hydrogen-bond acceptors (Lipinski definition) is 6. The van der Waals surface area contributed by atoms with Gasteiger partial charge in [-0.25, -0.2) is 4.98 Å². The molecule has 4 heterocycles. The lowest BCUT2D eigenvalue weighted by Gasteiger charge is -2.15. The first-order chi connectivity index (χ1) is 15.8. The molecule has 2 aliphatic rings. The zero-order valence-corrected chi connectivity index (χ0v) is 18.0. The van der Waals surface area contributed by atoms with Gasteiger partial charge in [0.2, 0.25) is 0 Å². The van der Waals surface area contributed by atoms with Crippen LogP contribution in [0.25, 0.3) is 16.9 Å². The van der Waals surface area contributed by atoms with E-state index < -0.39 is 0 Å². The van der Waals surface area contributed by atoms with Crippen molar-refractivity contribution in [3.05, 3.63) is 72.1 Å². The van der Waals surface area contributed by atoms with Gasteiger partial charge in [0.1, 0.15) is 11.6 Å². The molecule has 3 N–H and O–H groups in total. The SMILES string of the molecule is c1ccc(-c2ccc(CNc3cc(N[C@@H]4CCNC4)nc4c(C5CC5)cnn34)cc2)nc1. The minimum absolute atomic E-state index is 0.421. The quantitative estimate of drug-likeness (QED) is 0.415. The van der Waals surface area contributed by atoms with Crippen molar-refractivity contribution in [2.45, 2.75) is 37.8 Å². The summed E-state index contributed by atoms with van der Waals surface area (Å²) in [5, 5.41) is 15.3. The molecule has 1 aliphatic carbocycles. The Morgan fingerprint density at radius 1 is 1.06 bits per heavy atom. The lowest BCUT2D eigenvalue weighted by Crippen LogP contribution is -2.23. The molecule has 1 atom stereocenters. The minimum Gasteiger partial charge on any atom is -0.366 e. The van der Waals surface area contributed by atoms with Crippen LogP contribution in [0.15, 0.2) is 60.9 Å². The fourth-order valence-electron chi connectivity index (χ4n) is 4.37. The van der Waals surface area contributed by atoms with Crippen LogP contribution in [0.3, 0.4) is 0 Å². The average molecular weight is 426 g/mol. The summed E-state index contributed by atoms with van der Waals surface area (Å²) in [6.07, 6.45) is 7.41. The van der Waals surface area contributed by atoms with Crippen molar-refractivity contribution >= 4 is 17.3 Å². The normalized spacial score (nSPS) is 18.2. The van der Waals surface area contributed by atoms with E-state index >= 15 is 0 Å². The van der Waals surface area contributed by atoms with Crippen LogP contribution >= 0.6 is 0 Å². The van der Waals surface area contributed by atoms with E-state index in [0.717, 1.165) is 48.1 Å². The number of fused-ring (bicyclic) bond motifs is 1. The predicted molar refractivity (Wildman–Crippen MR) is 127 cm³/mol. The number of anilines is 2. The molecule has 1 aromatic carbocycles. The van der Waals surface area contributed by atoms with E-state index in [0.29, 0.717) is 18.5 Å². The van der Waals surface area contributed by atoms with Crippen LogP contribution in [-0.4, -0.2) is 38.7 Å². The molecule has 0 radical (unpaired) electrons. The van der Waals surface area contributed by atoms with Gasteiger partial charge in [-0.3, -0.25) is 4.98 Å². The molecular weight excluding hydrogens is 398 g/mol. The van der Waals surface area contributed by atoms with E-state index in [2.05, 4.69) is 56.4 Å². The second-order valence-corrected chi connectivity index (χ2v) is 8.74. The number of nitrogens with zero attached hydrogens (tertiary/aromatic N) is 4. The lowest BCUT2D eigenvalue weighted by atomic mass is 10.1. The van der Waals surface area contributed by atoms with Crippen molar-refractivity contribution < 1.29 is 0 Å². The molecule has 0 unspecified atom stereocenters. The molecule has 4 aromatic rings. The maximum atomic E-state index is 4.94. The third-order valence-electron chi connectivity index (χ3n) is 6.32. The molecule has 3 aromatic heterocycles. The van der Waals surface area contributed by atoms with Gasteiger partial charge in [0.05, 0.1) is 11.9 Å². The minimum atomic E-state index is 0.421. The van der Waals surface area contributed by atoms with Gasteiger partial charge in [-0.05, 0) is 49.4 Å². The van der Waals surface area contributed by atoms with Crippen LogP contribution in [0.4, 0.5) is 11.6 Å². The molecule has 32 heavy (non-hydrogen) atoms. The molecule has 0 amide bonds. The molecule has 0 spiro atoms. The van der Waals surface area contributed by atoms with Gasteiger partial charge in [-0.1, -0.05) is 30.3 Å². The molecule has 162 valence electrons. The van der Waals surface area contributed by atoms with Crippen LogP contribution < -0.4 is 16.0 Å². The summed E-state index contributed by atoms with van der Waals surface area (Å²) in [5.41, 5.74) is 5.55. The lowest BCUT2D eigenvalue weighted by molar-refractivity contribution is 0.786. The van der Waals surface area contributed by atoms with E-state index in [1.165, 1.54) is 24.0 Å². The fourth-order valence-corrected chi connectivity index (χ4v) is 4.37. The average Bonchev–Trinajstić information content (AvgIpc) is 3.38. The summed E-state index contributed by atoms with van der Waals surface area (Å²) in [6, 6.07) is 17.0. The van der Waals surface area contributed by atoms with Crippen molar-refractivity contribution in [1.29, 1.82) is 0 Å². The highest BCUT2D eigenvalue weighted by Crippen LogP contribution is 2.42. The molecular formula is C25H27N7. The first-order valence-electron chi connectivity index (χ1n) is 11.4. The molecule has 2 fully saturated rings. The zero-order valence-electron chi connectivity index (χ0n) is 18.0. The summed E-state index contributed by atoms with van der Waals surface area (Å²) >= 11 is 0. The third-order valence-corrected chi connectivity index (χ3v) is 6.32. The van der Waals surface area contributed by atoms with Crippen molar-refractivity contribution in [3.8, 4) is 11.3 Å². The van der Waals surface area contributed by atoms with Gasteiger partial charge in [-0.2, -0.15) is 9.61 Å². The Morgan fingerprint density at radius 2 is 1.97 bits per heavy atom. The van der Waals surface area contributed by atoms with Gasteiger partial charge in [0, 0.05) is 42.5 Å². The second kappa shape index (κ2) is 8.24. The first kappa shape index (κ1) is 19.3. The molecule has 7 nitrogen and oxygen atoms in total. The van der Waals surface area contributed by atoms with Crippen molar-refractivity contribution in [2.24, 2.45) is 0 Å². The largest absolute Gasteiger partial charge is 0.366 e. The Balaban J connectivity index is 1.25. The number of nitrogens with one attached hydrogen (secondary N) is 3. The van der Waals surface area contributed by atoms with Crippen LogP contribution in [0.5, 0.6) is 0 Å². The number of aromatic nitrogens is 4. The molecule has 6 rings (SSSR count). The highest BCUT2D eigenvalue weighted by Gasteiger charge is 2.28. The second-order valence-electron chi connectivity index (χ2n) is 8.74. The summed E-state index contributed by atoms with van der Waals surface area (Å²) in [4.78, 5) is 9.37. The van der Waals surface area contributed by atoms with Crippen LogP contribution in [0, 0.1) is 0 Å². The van der Waals surface area contributed by atoms with Crippen LogP contribution in [0.1, 0.15) is 36.3 Å². The van der Waals surface area contributed by atoms with E-state index in [1.54, 1.807) is 0 Å². The van der Waals surface area contributed by atoms with Gasteiger partial charge >= 0.3 is 0 Å². The van der Waals surface area contributed by atoms with E-state index in [4.69, 9.17) is 4.98 Å².